The minimum Gasteiger partial charge on any atom is -0.508 e. The molecule has 0 heterocycles. The van der Waals surface area contributed by atoms with Crippen molar-refractivity contribution in [1.29, 1.82) is 5.26 Å². The molecule has 18 heavy (non-hydrogen) atoms. The second-order valence-corrected chi connectivity index (χ2v) is 4.25. The van der Waals surface area contributed by atoms with Gasteiger partial charge in [0.25, 0.3) is 0 Å². The predicted octanol–water partition coefficient (Wildman–Crippen LogP) is 1.14. The van der Waals surface area contributed by atoms with E-state index in [0.717, 1.165) is 0 Å². The van der Waals surface area contributed by atoms with Gasteiger partial charge in [-0.1, -0.05) is 0 Å². The Morgan fingerprint density at radius 2 is 2.22 bits per heavy atom. The van der Waals surface area contributed by atoms with Gasteiger partial charge in [0.1, 0.15) is 5.75 Å². The number of nitriles is 1. The lowest BCUT2D eigenvalue weighted by atomic mass is 10.0. The Balaban J connectivity index is 2.69. The fourth-order valence-electron chi connectivity index (χ4n) is 1.42. The summed E-state index contributed by atoms with van der Waals surface area (Å²) in [6.45, 7) is 4.08. The van der Waals surface area contributed by atoms with Crippen molar-refractivity contribution in [2.75, 3.05) is 6.54 Å². The number of hydrogen-bond acceptors (Lipinski definition) is 5. The number of carbonyl (C=O) groups excluding carboxylic acids is 1. The quantitative estimate of drug-likeness (QED) is 0.518. The van der Waals surface area contributed by atoms with E-state index in [1.54, 1.807) is 12.1 Å². The number of hydrazine groups is 1. The second kappa shape index (κ2) is 6.74. The number of Topliss-reactive ketones (excluding diaryl/α,β-unsaturated/α-hetero) is 1. The summed E-state index contributed by atoms with van der Waals surface area (Å²) in [5, 5.41) is 18.1. The monoisotopic (exact) mass is 247 g/mol. The number of phenols is 1. The Kier molecular flexibility index (Phi) is 5.31. The molecular weight excluding hydrogens is 230 g/mol. The van der Waals surface area contributed by atoms with Crippen LogP contribution in [0.3, 0.4) is 0 Å². The summed E-state index contributed by atoms with van der Waals surface area (Å²) in [6.07, 6.45) is 0.0879. The van der Waals surface area contributed by atoms with E-state index in [2.05, 4.69) is 10.9 Å². The lowest BCUT2D eigenvalue weighted by Gasteiger charge is -2.09. The van der Waals surface area contributed by atoms with Gasteiger partial charge in [-0.05, 0) is 32.0 Å². The van der Waals surface area contributed by atoms with E-state index < -0.39 is 0 Å². The van der Waals surface area contributed by atoms with E-state index in [4.69, 9.17) is 5.26 Å². The fraction of sp³-hybridized carbons (Fsp3) is 0.385. The van der Waals surface area contributed by atoms with Crippen LogP contribution in [0.1, 0.15) is 29.8 Å². The van der Waals surface area contributed by atoms with Crippen LogP contribution >= 0.6 is 0 Å². The predicted molar refractivity (Wildman–Crippen MR) is 68.0 cm³/mol. The van der Waals surface area contributed by atoms with Gasteiger partial charge in [0.15, 0.2) is 5.78 Å². The number of benzene rings is 1. The number of aromatic hydroxyl groups is 1. The average Bonchev–Trinajstić information content (AvgIpc) is 2.31. The molecule has 0 aliphatic carbocycles. The standard InChI is InChI=1S/C13H17N3O2/c1-9(2)16-15-8-13(18)10-3-4-12(17)11(7-10)5-6-14/h3-4,7,9,15-17H,5,8H2,1-2H3. The molecule has 0 saturated heterocycles. The van der Waals surface area contributed by atoms with E-state index in [1.807, 2.05) is 19.9 Å². The van der Waals surface area contributed by atoms with Gasteiger partial charge in [-0.3, -0.25) is 10.2 Å². The molecule has 0 radical (unpaired) electrons. The van der Waals surface area contributed by atoms with Crippen molar-refractivity contribution >= 4 is 5.78 Å². The average molecular weight is 247 g/mol. The molecule has 5 heteroatoms. The minimum absolute atomic E-state index is 0.0429. The SMILES string of the molecule is CC(C)NNCC(=O)c1ccc(O)c(CC#N)c1. The zero-order valence-corrected chi connectivity index (χ0v) is 10.5. The molecule has 0 atom stereocenters. The Morgan fingerprint density at radius 3 is 2.83 bits per heavy atom. The maximum absolute atomic E-state index is 11.8. The maximum Gasteiger partial charge on any atom is 0.178 e. The third kappa shape index (κ3) is 4.17. The molecule has 0 fully saturated rings. The maximum atomic E-state index is 11.8. The second-order valence-electron chi connectivity index (χ2n) is 4.25. The summed E-state index contributed by atoms with van der Waals surface area (Å²) >= 11 is 0. The first kappa shape index (κ1) is 14.2. The van der Waals surface area contributed by atoms with E-state index in [9.17, 15) is 9.90 Å². The summed E-state index contributed by atoms with van der Waals surface area (Å²) < 4.78 is 0. The normalized spacial score (nSPS) is 10.3. The summed E-state index contributed by atoms with van der Waals surface area (Å²) in [4.78, 5) is 11.8. The van der Waals surface area contributed by atoms with Crippen LogP contribution in [0.5, 0.6) is 5.75 Å². The zero-order chi connectivity index (χ0) is 13.5. The first-order valence-corrected chi connectivity index (χ1v) is 5.75. The van der Waals surface area contributed by atoms with E-state index in [0.29, 0.717) is 11.1 Å². The lowest BCUT2D eigenvalue weighted by molar-refractivity contribution is 0.0985. The van der Waals surface area contributed by atoms with Crippen molar-refractivity contribution in [1.82, 2.24) is 10.9 Å². The van der Waals surface area contributed by atoms with Gasteiger partial charge in [-0.15, -0.1) is 0 Å². The fourth-order valence-corrected chi connectivity index (χ4v) is 1.42. The van der Waals surface area contributed by atoms with Crippen LogP contribution in [-0.4, -0.2) is 23.5 Å². The smallest absolute Gasteiger partial charge is 0.178 e. The third-order valence-electron chi connectivity index (χ3n) is 2.31. The number of rotatable bonds is 6. The summed E-state index contributed by atoms with van der Waals surface area (Å²) in [5.41, 5.74) is 6.70. The number of nitrogens with zero attached hydrogens (tertiary/aromatic N) is 1. The van der Waals surface area contributed by atoms with Gasteiger partial charge in [0, 0.05) is 17.2 Å². The molecule has 0 saturated carbocycles. The number of phenolic OH excluding ortho intramolecular Hbond substituents is 1. The highest BCUT2D eigenvalue weighted by molar-refractivity contribution is 5.97. The highest BCUT2D eigenvalue weighted by Gasteiger charge is 2.09. The highest BCUT2D eigenvalue weighted by Crippen LogP contribution is 2.19. The zero-order valence-electron chi connectivity index (χ0n) is 10.5. The van der Waals surface area contributed by atoms with E-state index >= 15 is 0 Å². The molecule has 0 unspecified atom stereocenters. The van der Waals surface area contributed by atoms with Gasteiger partial charge in [0.05, 0.1) is 19.0 Å². The summed E-state index contributed by atoms with van der Waals surface area (Å²) in [6, 6.07) is 6.74. The first-order valence-electron chi connectivity index (χ1n) is 5.75. The van der Waals surface area contributed by atoms with Crippen molar-refractivity contribution in [3.63, 3.8) is 0 Å². The molecule has 1 aromatic rings. The number of carbonyl (C=O) groups is 1. The Hall–Kier alpha value is -1.90. The summed E-state index contributed by atoms with van der Waals surface area (Å²) in [7, 11) is 0. The number of ketones is 1. The Labute approximate surface area is 106 Å². The van der Waals surface area contributed by atoms with Crippen LogP contribution in [0.25, 0.3) is 0 Å². The van der Waals surface area contributed by atoms with Crippen molar-refractivity contribution in [3.8, 4) is 11.8 Å². The van der Waals surface area contributed by atoms with Crippen molar-refractivity contribution in [2.45, 2.75) is 26.3 Å². The van der Waals surface area contributed by atoms with Crippen molar-refractivity contribution in [3.05, 3.63) is 29.3 Å². The van der Waals surface area contributed by atoms with Crippen molar-refractivity contribution < 1.29 is 9.90 Å². The lowest BCUT2D eigenvalue weighted by Crippen LogP contribution is -2.40. The van der Waals surface area contributed by atoms with Gasteiger partial charge in [-0.25, -0.2) is 5.43 Å². The molecule has 1 rings (SSSR count). The van der Waals surface area contributed by atoms with Crippen LogP contribution in [0.2, 0.25) is 0 Å². The van der Waals surface area contributed by atoms with E-state index in [1.165, 1.54) is 6.07 Å². The van der Waals surface area contributed by atoms with Gasteiger partial charge < -0.3 is 5.11 Å². The van der Waals surface area contributed by atoms with Gasteiger partial charge in [0.2, 0.25) is 0 Å². The Bertz CT molecular complexity index is 464. The molecule has 0 amide bonds. The molecule has 1 aromatic carbocycles. The molecule has 0 aromatic heterocycles. The largest absolute Gasteiger partial charge is 0.508 e. The van der Waals surface area contributed by atoms with Crippen LogP contribution in [-0.2, 0) is 6.42 Å². The molecule has 0 aliphatic rings. The van der Waals surface area contributed by atoms with Gasteiger partial charge >= 0.3 is 0 Å². The van der Waals surface area contributed by atoms with Crippen LogP contribution in [0.15, 0.2) is 18.2 Å². The molecule has 96 valence electrons. The van der Waals surface area contributed by atoms with Crippen LogP contribution < -0.4 is 10.9 Å². The molecule has 3 N–H and O–H groups in total. The third-order valence-corrected chi connectivity index (χ3v) is 2.31. The summed E-state index contributed by atoms with van der Waals surface area (Å²) in [5.74, 6) is -0.0521. The molecule has 5 nitrogen and oxygen atoms in total. The van der Waals surface area contributed by atoms with E-state index in [-0.39, 0.29) is 30.5 Å². The number of hydrogen-bond donors (Lipinski definition) is 3. The molecule has 0 spiro atoms. The van der Waals surface area contributed by atoms with Crippen molar-refractivity contribution in [2.24, 2.45) is 0 Å². The first-order chi connectivity index (χ1) is 8.54. The van der Waals surface area contributed by atoms with Crippen LogP contribution in [0.4, 0.5) is 0 Å². The molecule has 0 bridgehead atoms. The molecule has 0 aliphatic heterocycles. The highest BCUT2D eigenvalue weighted by atomic mass is 16.3. The van der Waals surface area contributed by atoms with Crippen LogP contribution in [0, 0.1) is 11.3 Å². The Morgan fingerprint density at radius 1 is 1.50 bits per heavy atom. The van der Waals surface area contributed by atoms with Gasteiger partial charge in [-0.2, -0.15) is 5.26 Å². The molecular formula is C13H17N3O2. The topological polar surface area (TPSA) is 85.2 Å². The minimum atomic E-state index is -0.0951. The number of nitrogens with one attached hydrogen (secondary N) is 2.